The van der Waals surface area contributed by atoms with Gasteiger partial charge in [-0.2, -0.15) is 5.26 Å². The molecular weight excluding hydrogens is 208 g/mol. The number of hydrogen-bond donors (Lipinski definition) is 0. The summed E-state index contributed by atoms with van der Waals surface area (Å²) in [5, 5.41) is 12.4. The smallest absolute Gasteiger partial charge is 0.0897 e. The lowest BCUT2D eigenvalue weighted by Crippen LogP contribution is -2.30. The highest BCUT2D eigenvalue weighted by atomic mass is 32.1. The van der Waals surface area contributed by atoms with Gasteiger partial charge in [0.1, 0.15) is 0 Å². The second kappa shape index (κ2) is 4.30. The van der Waals surface area contributed by atoms with Crippen LogP contribution in [0.5, 0.6) is 0 Å². The summed E-state index contributed by atoms with van der Waals surface area (Å²) >= 11 is 1.65. The largest absolute Gasteiger partial charge is 0.381 e. The highest BCUT2D eigenvalue weighted by molar-refractivity contribution is 7.09. The molecule has 0 aliphatic carbocycles. The van der Waals surface area contributed by atoms with Crippen LogP contribution in [-0.2, 0) is 11.2 Å². The summed E-state index contributed by atoms with van der Waals surface area (Å²) < 4.78 is 5.30. The topological polar surface area (TPSA) is 45.9 Å². The van der Waals surface area contributed by atoms with Crippen LogP contribution in [0, 0.1) is 23.7 Å². The third kappa shape index (κ3) is 2.36. The van der Waals surface area contributed by atoms with Crippen LogP contribution in [0.15, 0.2) is 5.38 Å². The molecule has 2 heterocycles. The summed E-state index contributed by atoms with van der Waals surface area (Å²) in [7, 11) is 0. The molecule has 0 spiro atoms. The third-order valence-corrected chi connectivity index (χ3v) is 3.70. The van der Waals surface area contributed by atoms with Gasteiger partial charge in [0, 0.05) is 25.0 Å². The van der Waals surface area contributed by atoms with E-state index in [1.165, 1.54) is 0 Å². The van der Waals surface area contributed by atoms with Gasteiger partial charge in [-0.15, -0.1) is 11.3 Å². The maximum atomic E-state index is 9.28. The maximum Gasteiger partial charge on any atom is 0.0897 e. The van der Waals surface area contributed by atoms with Crippen LogP contribution in [0.3, 0.4) is 0 Å². The Labute approximate surface area is 93.7 Å². The van der Waals surface area contributed by atoms with Gasteiger partial charge in [0.15, 0.2) is 0 Å². The fourth-order valence-electron chi connectivity index (χ4n) is 1.93. The molecular formula is C11H14N2OS. The molecule has 1 fully saturated rings. The minimum absolute atomic E-state index is 0.237. The average molecular weight is 222 g/mol. The number of hydrogen-bond acceptors (Lipinski definition) is 4. The van der Waals surface area contributed by atoms with Crippen LogP contribution in [0.2, 0.25) is 0 Å². The van der Waals surface area contributed by atoms with E-state index in [-0.39, 0.29) is 5.41 Å². The molecule has 3 nitrogen and oxygen atoms in total. The Morgan fingerprint density at radius 3 is 2.87 bits per heavy atom. The summed E-state index contributed by atoms with van der Waals surface area (Å²) in [6, 6.07) is 2.46. The van der Waals surface area contributed by atoms with Gasteiger partial charge in [-0.05, 0) is 19.8 Å². The van der Waals surface area contributed by atoms with E-state index in [1.54, 1.807) is 11.3 Å². The van der Waals surface area contributed by atoms with Gasteiger partial charge < -0.3 is 4.74 Å². The molecule has 1 aliphatic heterocycles. The van der Waals surface area contributed by atoms with Crippen molar-refractivity contribution in [2.75, 3.05) is 13.2 Å². The van der Waals surface area contributed by atoms with E-state index >= 15 is 0 Å². The Bertz CT molecular complexity index is 374. The van der Waals surface area contributed by atoms with E-state index in [2.05, 4.69) is 16.4 Å². The first-order valence-corrected chi connectivity index (χ1v) is 6.02. The van der Waals surface area contributed by atoms with Crippen molar-refractivity contribution in [2.24, 2.45) is 5.41 Å². The van der Waals surface area contributed by atoms with Crippen LogP contribution in [0.25, 0.3) is 0 Å². The SMILES string of the molecule is Cc1nc(CC2(C#N)CCOCC2)cs1. The zero-order valence-corrected chi connectivity index (χ0v) is 9.64. The zero-order chi connectivity index (χ0) is 10.7. The Morgan fingerprint density at radius 1 is 1.60 bits per heavy atom. The van der Waals surface area contributed by atoms with Crippen molar-refractivity contribution in [3.05, 3.63) is 16.1 Å². The third-order valence-electron chi connectivity index (χ3n) is 2.87. The van der Waals surface area contributed by atoms with Crippen LogP contribution in [0.1, 0.15) is 23.5 Å². The molecule has 0 amide bonds. The van der Waals surface area contributed by atoms with Crippen molar-refractivity contribution in [3.63, 3.8) is 0 Å². The van der Waals surface area contributed by atoms with Crippen LogP contribution in [-0.4, -0.2) is 18.2 Å². The molecule has 1 aliphatic rings. The highest BCUT2D eigenvalue weighted by Crippen LogP contribution is 2.33. The van der Waals surface area contributed by atoms with Crippen molar-refractivity contribution < 1.29 is 4.74 Å². The molecule has 0 aromatic carbocycles. The molecule has 0 unspecified atom stereocenters. The molecule has 0 saturated carbocycles. The van der Waals surface area contributed by atoms with Crippen LogP contribution in [0.4, 0.5) is 0 Å². The van der Waals surface area contributed by atoms with E-state index < -0.39 is 0 Å². The molecule has 15 heavy (non-hydrogen) atoms. The van der Waals surface area contributed by atoms with Crippen molar-refractivity contribution >= 4 is 11.3 Å². The van der Waals surface area contributed by atoms with E-state index in [4.69, 9.17) is 4.74 Å². The predicted octanol–water partition coefficient (Wildman–Crippen LogP) is 2.31. The number of aryl methyl sites for hydroxylation is 1. The predicted molar refractivity (Wildman–Crippen MR) is 58.7 cm³/mol. The summed E-state index contributed by atoms with van der Waals surface area (Å²) in [6.45, 7) is 3.41. The van der Waals surface area contributed by atoms with Gasteiger partial charge in [-0.3, -0.25) is 0 Å². The number of nitriles is 1. The lowest BCUT2D eigenvalue weighted by Gasteiger charge is -2.29. The van der Waals surface area contributed by atoms with Gasteiger partial charge in [0.05, 0.1) is 22.2 Å². The van der Waals surface area contributed by atoms with E-state index in [0.29, 0.717) is 13.2 Å². The summed E-state index contributed by atoms with van der Waals surface area (Å²) in [5.74, 6) is 0. The number of aromatic nitrogens is 1. The van der Waals surface area contributed by atoms with E-state index in [0.717, 1.165) is 30.0 Å². The number of rotatable bonds is 2. The summed E-state index contributed by atoms with van der Waals surface area (Å²) in [5.41, 5.74) is 0.819. The lowest BCUT2D eigenvalue weighted by molar-refractivity contribution is 0.0403. The molecule has 80 valence electrons. The first kappa shape index (κ1) is 10.6. The molecule has 0 bridgehead atoms. The average Bonchev–Trinajstić information content (AvgIpc) is 2.65. The second-order valence-corrected chi connectivity index (χ2v) is 5.10. The van der Waals surface area contributed by atoms with Crippen LogP contribution < -0.4 is 0 Å². The molecule has 1 aromatic rings. The first-order valence-electron chi connectivity index (χ1n) is 5.14. The van der Waals surface area contributed by atoms with Gasteiger partial charge in [0.25, 0.3) is 0 Å². The van der Waals surface area contributed by atoms with Gasteiger partial charge >= 0.3 is 0 Å². The van der Waals surface area contributed by atoms with Crippen LogP contribution >= 0.6 is 11.3 Å². The Hall–Kier alpha value is -0.920. The monoisotopic (exact) mass is 222 g/mol. The summed E-state index contributed by atoms with van der Waals surface area (Å²) in [6.07, 6.45) is 2.44. The minimum atomic E-state index is -0.237. The van der Waals surface area contributed by atoms with Gasteiger partial charge in [0.2, 0.25) is 0 Å². The Morgan fingerprint density at radius 2 is 2.33 bits per heavy atom. The zero-order valence-electron chi connectivity index (χ0n) is 8.82. The van der Waals surface area contributed by atoms with Gasteiger partial charge in [-0.1, -0.05) is 0 Å². The minimum Gasteiger partial charge on any atom is -0.381 e. The summed E-state index contributed by atoms with van der Waals surface area (Å²) in [4.78, 5) is 4.42. The number of thiazole rings is 1. The fourth-order valence-corrected chi connectivity index (χ4v) is 2.54. The molecule has 1 aromatic heterocycles. The van der Waals surface area contributed by atoms with Gasteiger partial charge in [-0.25, -0.2) is 4.98 Å². The molecule has 2 rings (SSSR count). The molecule has 0 atom stereocenters. The molecule has 0 N–H and O–H groups in total. The van der Waals surface area contributed by atoms with Crippen molar-refractivity contribution in [1.82, 2.24) is 4.98 Å². The van der Waals surface area contributed by atoms with E-state index in [9.17, 15) is 5.26 Å². The standard InChI is InChI=1S/C11H14N2OS/c1-9-13-10(7-15-9)6-11(8-12)2-4-14-5-3-11/h7H,2-6H2,1H3. The Balaban J connectivity index is 2.11. The highest BCUT2D eigenvalue weighted by Gasteiger charge is 2.33. The Kier molecular flexibility index (Phi) is 3.03. The van der Waals surface area contributed by atoms with Crippen molar-refractivity contribution in [2.45, 2.75) is 26.2 Å². The molecule has 0 radical (unpaired) electrons. The number of ether oxygens (including phenoxy) is 1. The molecule has 4 heteroatoms. The maximum absolute atomic E-state index is 9.28. The second-order valence-electron chi connectivity index (χ2n) is 4.04. The normalized spacial score (nSPS) is 19.7. The van der Waals surface area contributed by atoms with E-state index in [1.807, 2.05) is 6.92 Å². The quantitative estimate of drug-likeness (QED) is 0.771. The first-order chi connectivity index (χ1) is 7.24. The molecule has 1 saturated heterocycles. The van der Waals surface area contributed by atoms with Crippen molar-refractivity contribution in [1.29, 1.82) is 5.26 Å². The van der Waals surface area contributed by atoms with Crippen molar-refractivity contribution in [3.8, 4) is 6.07 Å². The lowest BCUT2D eigenvalue weighted by atomic mass is 9.78. The number of nitrogens with zero attached hydrogens (tertiary/aromatic N) is 2. The fraction of sp³-hybridized carbons (Fsp3) is 0.636.